The monoisotopic (exact) mass is 351 g/mol. The summed E-state index contributed by atoms with van der Waals surface area (Å²) in [6.45, 7) is 6.12. The first-order valence-electron chi connectivity index (χ1n) is 8.82. The van der Waals surface area contributed by atoms with Gasteiger partial charge in [0.05, 0.1) is 22.7 Å². The molecule has 1 aromatic heterocycles. The molecule has 1 amide bonds. The van der Waals surface area contributed by atoms with Gasteiger partial charge in [-0.05, 0) is 38.2 Å². The van der Waals surface area contributed by atoms with Gasteiger partial charge in [0.1, 0.15) is 5.76 Å². The molecule has 132 valence electrons. The van der Waals surface area contributed by atoms with E-state index < -0.39 is 0 Å². The van der Waals surface area contributed by atoms with Gasteiger partial charge in [-0.3, -0.25) is 4.79 Å². The Morgan fingerprint density at radius 1 is 1.42 bits per heavy atom. The molecule has 0 bridgehead atoms. The van der Waals surface area contributed by atoms with Crippen molar-refractivity contribution in [3.63, 3.8) is 0 Å². The molecule has 0 saturated carbocycles. The Kier molecular flexibility index (Phi) is 4.62. The highest BCUT2D eigenvalue weighted by atomic mass is 32.2. The van der Waals surface area contributed by atoms with Crippen LogP contribution >= 0.6 is 11.8 Å². The number of aryl methyl sites for hydroxylation is 1. The van der Waals surface area contributed by atoms with Crippen LogP contribution in [0.2, 0.25) is 0 Å². The van der Waals surface area contributed by atoms with E-state index in [2.05, 4.69) is 0 Å². The first kappa shape index (κ1) is 16.5. The fourth-order valence-electron chi connectivity index (χ4n) is 3.89. The second-order valence-corrected chi connectivity index (χ2v) is 8.75. The zero-order valence-electron chi connectivity index (χ0n) is 14.2. The molecule has 0 N–H and O–H groups in total. The molecule has 4 heterocycles. The molecule has 0 aliphatic carbocycles. The molecule has 4 rings (SSSR count). The van der Waals surface area contributed by atoms with E-state index in [4.69, 9.17) is 13.9 Å². The standard InChI is InChI=1S/C18H25NO4S/c1-13-16(4-7-22-13)17(20)19-11-18(12-19)8-15(10-24-18)23-9-14-2-5-21-6-3-14/h4,7,14-15H,2-3,5-6,8-12H2,1H3. The Bertz CT molecular complexity index is 590. The van der Waals surface area contributed by atoms with E-state index in [1.54, 1.807) is 12.3 Å². The first-order chi connectivity index (χ1) is 11.7. The maximum Gasteiger partial charge on any atom is 0.257 e. The second kappa shape index (κ2) is 6.73. The molecule has 1 aromatic rings. The number of nitrogens with zero attached hydrogens (tertiary/aromatic N) is 1. The van der Waals surface area contributed by atoms with Gasteiger partial charge in [-0.15, -0.1) is 11.8 Å². The number of carbonyl (C=O) groups is 1. The molecule has 5 nitrogen and oxygen atoms in total. The zero-order valence-corrected chi connectivity index (χ0v) is 15.0. The highest BCUT2D eigenvalue weighted by Gasteiger charge is 2.51. The minimum absolute atomic E-state index is 0.0963. The molecule has 3 fully saturated rings. The fraction of sp³-hybridized carbons (Fsp3) is 0.722. The van der Waals surface area contributed by atoms with Crippen molar-refractivity contribution in [2.75, 3.05) is 38.7 Å². The van der Waals surface area contributed by atoms with Gasteiger partial charge < -0.3 is 18.8 Å². The zero-order chi connectivity index (χ0) is 16.6. The van der Waals surface area contributed by atoms with Crippen molar-refractivity contribution in [2.24, 2.45) is 5.92 Å². The van der Waals surface area contributed by atoms with Crippen molar-refractivity contribution >= 4 is 17.7 Å². The van der Waals surface area contributed by atoms with Crippen LogP contribution in [0.5, 0.6) is 0 Å². The lowest BCUT2D eigenvalue weighted by Crippen LogP contribution is -2.60. The molecular formula is C18H25NO4S. The lowest BCUT2D eigenvalue weighted by Gasteiger charge is -2.47. The van der Waals surface area contributed by atoms with Crippen molar-refractivity contribution in [2.45, 2.75) is 37.0 Å². The summed E-state index contributed by atoms with van der Waals surface area (Å²) in [5.41, 5.74) is 0.695. The summed E-state index contributed by atoms with van der Waals surface area (Å²) >= 11 is 1.98. The molecular weight excluding hydrogens is 326 g/mol. The maximum atomic E-state index is 12.5. The van der Waals surface area contributed by atoms with Crippen molar-refractivity contribution in [1.82, 2.24) is 4.90 Å². The molecule has 1 atom stereocenters. The van der Waals surface area contributed by atoms with Gasteiger partial charge in [0.15, 0.2) is 0 Å². The van der Waals surface area contributed by atoms with Crippen molar-refractivity contribution in [3.8, 4) is 0 Å². The van der Waals surface area contributed by atoms with Gasteiger partial charge in [-0.1, -0.05) is 0 Å². The summed E-state index contributed by atoms with van der Waals surface area (Å²) in [4.78, 5) is 14.4. The number of carbonyl (C=O) groups excluding carboxylic acids is 1. The van der Waals surface area contributed by atoms with Crippen LogP contribution in [-0.2, 0) is 9.47 Å². The number of thioether (sulfide) groups is 1. The highest BCUT2D eigenvalue weighted by molar-refractivity contribution is 8.01. The molecule has 3 aliphatic rings. The lowest BCUT2D eigenvalue weighted by atomic mass is 9.92. The van der Waals surface area contributed by atoms with E-state index in [1.807, 2.05) is 23.6 Å². The van der Waals surface area contributed by atoms with E-state index in [9.17, 15) is 4.79 Å². The Morgan fingerprint density at radius 2 is 2.21 bits per heavy atom. The van der Waals surface area contributed by atoms with Crippen LogP contribution in [0.15, 0.2) is 16.7 Å². The van der Waals surface area contributed by atoms with Crippen LogP contribution in [0.25, 0.3) is 0 Å². The number of ether oxygens (including phenoxy) is 2. The molecule has 6 heteroatoms. The summed E-state index contributed by atoms with van der Waals surface area (Å²) in [5.74, 6) is 2.51. The second-order valence-electron chi connectivity index (χ2n) is 7.26. The summed E-state index contributed by atoms with van der Waals surface area (Å²) < 4.78 is 17.0. The number of hydrogen-bond acceptors (Lipinski definition) is 5. The Balaban J connectivity index is 1.24. The predicted octanol–water partition coefficient (Wildman–Crippen LogP) is 2.73. The molecule has 1 spiro atoms. The van der Waals surface area contributed by atoms with E-state index in [0.717, 1.165) is 57.9 Å². The largest absolute Gasteiger partial charge is 0.469 e. The molecule has 0 radical (unpaired) electrons. The maximum absolute atomic E-state index is 12.5. The highest BCUT2D eigenvalue weighted by Crippen LogP contribution is 2.46. The van der Waals surface area contributed by atoms with Gasteiger partial charge in [0.2, 0.25) is 0 Å². The van der Waals surface area contributed by atoms with Gasteiger partial charge in [0, 0.05) is 38.7 Å². The van der Waals surface area contributed by atoms with Crippen molar-refractivity contribution in [1.29, 1.82) is 0 Å². The lowest BCUT2D eigenvalue weighted by molar-refractivity contribution is -0.0118. The van der Waals surface area contributed by atoms with Crippen LogP contribution < -0.4 is 0 Å². The van der Waals surface area contributed by atoms with Gasteiger partial charge in [-0.2, -0.15) is 0 Å². The van der Waals surface area contributed by atoms with Crippen molar-refractivity contribution in [3.05, 3.63) is 23.7 Å². The Labute approximate surface area is 147 Å². The molecule has 0 aromatic carbocycles. The topological polar surface area (TPSA) is 51.9 Å². The van der Waals surface area contributed by atoms with E-state index in [-0.39, 0.29) is 10.7 Å². The Hall–Kier alpha value is -0.980. The average Bonchev–Trinajstić information content (AvgIpc) is 3.18. The summed E-state index contributed by atoms with van der Waals surface area (Å²) in [6.07, 6.45) is 5.23. The predicted molar refractivity (Wildman–Crippen MR) is 92.4 cm³/mol. The number of likely N-dealkylation sites (tertiary alicyclic amines) is 1. The molecule has 24 heavy (non-hydrogen) atoms. The summed E-state index contributed by atoms with van der Waals surface area (Å²) in [6, 6.07) is 1.77. The SMILES string of the molecule is Cc1occc1C(=O)N1CC2(CC(OCC3CCOCC3)CS2)C1. The average molecular weight is 351 g/mol. The summed E-state index contributed by atoms with van der Waals surface area (Å²) in [7, 11) is 0. The normalized spacial score (nSPS) is 26.7. The van der Waals surface area contributed by atoms with E-state index in [0.29, 0.717) is 23.3 Å². The fourth-order valence-corrected chi connectivity index (χ4v) is 5.44. The van der Waals surface area contributed by atoms with Crippen LogP contribution in [0.4, 0.5) is 0 Å². The minimum atomic E-state index is 0.0963. The minimum Gasteiger partial charge on any atom is -0.469 e. The molecule has 3 aliphatic heterocycles. The van der Waals surface area contributed by atoms with Gasteiger partial charge in [-0.25, -0.2) is 0 Å². The first-order valence-corrected chi connectivity index (χ1v) is 9.80. The third-order valence-corrected chi connectivity index (χ3v) is 6.99. The smallest absolute Gasteiger partial charge is 0.257 e. The van der Waals surface area contributed by atoms with Crippen LogP contribution in [0.3, 0.4) is 0 Å². The van der Waals surface area contributed by atoms with Gasteiger partial charge in [0.25, 0.3) is 5.91 Å². The number of amides is 1. The van der Waals surface area contributed by atoms with Crippen LogP contribution in [0.1, 0.15) is 35.4 Å². The van der Waals surface area contributed by atoms with E-state index >= 15 is 0 Å². The molecule has 3 saturated heterocycles. The summed E-state index contributed by atoms with van der Waals surface area (Å²) in [5, 5.41) is 0. The third kappa shape index (κ3) is 3.24. The van der Waals surface area contributed by atoms with Crippen molar-refractivity contribution < 1.29 is 18.7 Å². The number of furan rings is 1. The quantitative estimate of drug-likeness (QED) is 0.835. The van der Waals surface area contributed by atoms with Crippen LogP contribution in [0, 0.1) is 12.8 Å². The molecule has 1 unspecified atom stereocenters. The Morgan fingerprint density at radius 3 is 2.92 bits per heavy atom. The van der Waals surface area contributed by atoms with Gasteiger partial charge >= 0.3 is 0 Å². The van der Waals surface area contributed by atoms with Crippen LogP contribution in [-0.4, -0.2) is 60.3 Å². The number of hydrogen-bond donors (Lipinski definition) is 0. The number of rotatable bonds is 4. The van der Waals surface area contributed by atoms with E-state index in [1.165, 1.54) is 0 Å². The third-order valence-electron chi connectivity index (χ3n) is 5.42.